The number of hydrogen-bond acceptors (Lipinski definition) is 3. The molecular formula is C50H31N5O. The van der Waals surface area contributed by atoms with Gasteiger partial charge in [0.05, 0.1) is 33.4 Å². The zero-order chi connectivity index (χ0) is 36.7. The van der Waals surface area contributed by atoms with E-state index in [1.54, 1.807) is 0 Å². The largest absolute Gasteiger partial charge is 0.456 e. The summed E-state index contributed by atoms with van der Waals surface area (Å²) in [6, 6.07) is 66.1. The molecule has 0 aliphatic heterocycles. The number of rotatable bonds is 5. The van der Waals surface area contributed by atoms with Crippen LogP contribution < -0.4 is 0 Å². The molecule has 8 aromatic carbocycles. The van der Waals surface area contributed by atoms with Crippen LogP contribution in [-0.2, 0) is 0 Å². The van der Waals surface area contributed by atoms with Gasteiger partial charge >= 0.3 is 0 Å². The molecule has 12 rings (SSSR count). The molecule has 0 aliphatic carbocycles. The fourth-order valence-electron chi connectivity index (χ4n) is 8.88. The highest BCUT2D eigenvalue weighted by atomic mass is 16.3. The van der Waals surface area contributed by atoms with E-state index in [1.165, 1.54) is 16.2 Å². The lowest BCUT2D eigenvalue weighted by molar-refractivity contribution is 0.669. The van der Waals surface area contributed by atoms with Gasteiger partial charge in [-0.25, -0.2) is 0 Å². The molecule has 0 saturated carbocycles. The van der Waals surface area contributed by atoms with Gasteiger partial charge in [0.25, 0.3) is 0 Å². The standard InChI is InChI=1S/C50H31N5O/c1-3-16-32(17-4-1)49-51-52-50(53(49)33-18-5-2-6-19-33)38-24-15-23-35-34-20-7-10-25-39(34)55(48(35)38)42-28-13-12-27-41(42)54-40-26-11-8-21-36(40)46-43(54)30-31-45-47(46)37-22-9-14-29-44(37)56-45/h1-31H. The molecule has 262 valence electrons. The van der Waals surface area contributed by atoms with Crippen molar-refractivity contribution in [1.82, 2.24) is 23.9 Å². The molecule has 0 fully saturated rings. The molecule has 12 aromatic rings. The number of para-hydroxylation sites is 7. The molecule has 6 heteroatoms. The maximum absolute atomic E-state index is 6.40. The van der Waals surface area contributed by atoms with Crippen molar-refractivity contribution in [2.24, 2.45) is 0 Å². The second-order valence-corrected chi connectivity index (χ2v) is 14.2. The zero-order valence-electron chi connectivity index (χ0n) is 30.0. The lowest BCUT2D eigenvalue weighted by Gasteiger charge is -2.18. The third-order valence-electron chi connectivity index (χ3n) is 11.2. The molecule has 56 heavy (non-hydrogen) atoms. The summed E-state index contributed by atoms with van der Waals surface area (Å²) in [5.74, 6) is 1.56. The Bertz CT molecular complexity index is 3480. The molecule has 0 amide bonds. The summed E-state index contributed by atoms with van der Waals surface area (Å²) in [5.41, 5.74) is 11.3. The highest BCUT2D eigenvalue weighted by molar-refractivity contribution is 6.27. The van der Waals surface area contributed by atoms with Crippen LogP contribution in [0.15, 0.2) is 192 Å². The topological polar surface area (TPSA) is 53.7 Å². The maximum atomic E-state index is 6.40. The van der Waals surface area contributed by atoms with Crippen molar-refractivity contribution in [3.05, 3.63) is 188 Å². The Labute approximate surface area is 320 Å². The van der Waals surface area contributed by atoms with Gasteiger partial charge in [-0.15, -0.1) is 10.2 Å². The van der Waals surface area contributed by atoms with Crippen molar-refractivity contribution in [3.63, 3.8) is 0 Å². The van der Waals surface area contributed by atoms with Gasteiger partial charge in [-0.2, -0.15) is 0 Å². The fourth-order valence-corrected chi connectivity index (χ4v) is 8.88. The number of hydrogen-bond donors (Lipinski definition) is 0. The smallest absolute Gasteiger partial charge is 0.171 e. The van der Waals surface area contributed by atoms with Crippen LogP contribution in [-0.4, -0.2) is 23.9 Å². The number of benzene rings is 8. The van der Waals surface area contributed by atoms with Crippen molar-refractivity contribution in [1.29, 1.82) is 0 Å². The molecule has 4 aromatic heterocycles. The van der Waals surface area contributed by atoms with E-state index in [-0.39, 0.29) is 0 Å². The number of furan rings is 1. The van der Waals surface area contributed by atoms with Crippen LogP contribution in [0.2, 0.25) is 0 Å². The van der Waals surface area contributed by atoms with Crippen LogP contribution in [0.5, 0.6) is 0 Å². The fraction of sp³-hybridized carbons (Fsp3) is 0. The molecule has 0 bridgehead atoms. The van der Waals surface area contributed by atoms with E-state index < -0.39 is 0 Å². The summed E-state index contributed by atoms with van der Waals surface area (Å²) in [6.07, 6.45) is 0. The van der Waals surface area contributed by atoms with Crippen molar-refractivity contribution in [2.45, 2.75) is 0 Å². The summed E-state index contributed by atoms with van der Waals surface area (Å²) in [6.45, 7) is 0. The Balaban J connectivity index is 1.19. The summed E-state index contributed by atoms with van der Waals surface area (Å²) < 4.78 is 13.4. The van der Waals surface area contributed by atoms with Crippen LogP contribution in [0.25, 0.3) is 105 Å². The minimum atomic E-state index is 0.772. The molecule has 0 unspecified atom stereocenters. The number of nitrogens with zero attached hydrogens (tertiary/aromatic N) is 5. The first kappa shape index (κ1) is 30.7. The molecular weight excluding hydrogens is 687 g/mol. The van der Waals surface area contributed by atoms with Gasteiger partial charge in [-0.3, -0.25) is 4.57 Å². The van der Waals surface area contributed by atoms with Gasteiger partial charge in [0.15, 0.2) is 11.6 Å². The Morgan fingerprint density at radius 2 is 0.964 bits per heavy atom. The molecule has 0 N–H and O–H groups in total. The van der Waals surface area contributed by atoms with Crippen LogP contribution in [0.3, 0.4) is 0 Å². The minimum absolute atomic E-state index is 0.772. The lowest BCUT2D eigenvalue weighted by Crippen LogP contribution is -2.05. The predicted molar refractivity (Wildman–Crippen MR) is 228 cm³/mol. The number of fused-ring (bicyclic) bond motifs is 10. The van der Waals surface area contributed by atoms with E-state index in [0.717, 1.165) is 89.2 Å². The summed E-state index contributed by atoms with van der Waals surface area (Å²) in [4.78, 5) is 0. The normalized spacial score (nSPS) is 11.9. The molecule has 0 spiro atoms. The van der Waals surface area contributed by atoms with Crippen LogP contribution in [0.4, 0.5) is 0 Å². The third-order valence-corrected chi connectivity index (χ3v) is 11.2. The third kappa shape index (κ3) is 4.32. The summed E-state index contributed by atoms with van der Waals surface area (Å²) in [5, 5.41) is 16.8. The van der Waals surface area contributed by atoms with Gasteiger partial charge in [-0.05, 0) is 60.7 Å². The first-order valence-corrected chi connectivity index (χ1v) is 18.9. The van der Waals surface area contributed by atoms with E-state index in [2.05, 4.69) is 171 Å². The van der Waals surface area contributed by atoms with Gasteiger partial charge in [-0.1, -0.05) is 127 Å². The molecule has 6 nitrogen and oxygen atoms in total. The first-order chi connectivity index (χ1) is 27.8. The molecule has 0 atom stereocenters. The van der Waals surface area contributed by atoms with Gasteiger partial charge in [0.1, 0.15) is 11.2 Å². The second-order valence-electron chi connectivity index (χ2n) is 14.2. The van der Waals surface area contributed by atoms with Crippen LogP contribution in [0, 0.1) is 0 Å². The Morgan fingerprint density at radius 3 is 1.77 bits per heavy atom. The quantitative estimate of drug-likeness (QED) is 0.178. The van der Waals surface area contributed by atoms with Crippen molar-refractivity contribution in [3.8, 4) is 39.8 Å². The average molecular weight is 718 g/mol. The second kappa shape index (κ2) is 11.9. The molecule has 4 heterocycles. The molecule has 0 saturated heterocycles. The van der Waals surface area contributed by atoms with Gasteiger partial charge in [0, 0.05) is 49.1 Å². The molecule has 0 aliphatic rings. The van der Waals surface area contributed by atoms with E-state index >= 15 is 0 Å². The Hall–Kier alpha value is -7.70. The average Bonchev–Trinajstić information content (AvgIpc) is 4.04. The minimum Gasteiger partial charge on any atom is -0.456 e. The van der Waals surface area contributed by atoms with E-state index in [4.69, 9.17) is 14.6 Å². The van der Waals surface area contributed by atoms with E-state index in [1.807, 2.05) is 30.3 Å². The lowest BCUT2D eigenvalue weighted by atomic mass is 10.1. The van der Waals surface area contributed by atoms with Crippen LogP contribution >= 0.6 is 0 Å². The maximum Gasteiger partial charge on any atom is 0.171 e. The van der Waals surface area contributed by atoms with Crippen LogP contribution in [0.1, 0.15) is 0 Å². The van der Waals surface area contributed by atoms with Gasteiger partial charge < -0.3 is 13.6 Å². The van der Waals surface area contributed by atoms with Crippen molar-refractivity contribution in [2.75, 3.05) is 0 Å². The van der Waals surface area contributed by atoms with Gasteiger partial charge in [0.2, 0.25) is 0 Å². The van der Waals surface area contributed by atoms with Crippen molar-refractivity contribution >= 4 is 65.6 Å². The van der Waals surface area contributed by atoms with Crippen molar-refractivity contribution < 1.29 is 4.42 Å². The zero-order valence-corrected chi connectivity index (χ0v) is 30.0. The number of aromatic nitrogens is 5. The van der Waals surface area contributed by atoms with E-state index in [9.17, 15) is 0 Å². The highest BCUT2D eigenvalue weighted by Gasteiger charge is 2.25. The predicted octanol–water partition coefficient (Wildman–Crippen LogP) is 12.7. The monoisotopic (exact) mass is 717 g/mol. The summed E-state index contributed by atoms with van der Waals surface area (Å²) >= 11 is 0. The Morgan fingerprint density at radius 1 is 0.357 bits per heavy atom. The highest BCUT2D eigenvalue weighted by Crippen LogP contribution is 2.44. The Kier molecular flexibility index (Phi) is 6.53. The molecule has 0 radical (unpaired) electrons. The summed E-state index contributed by atoms with van der Waals surface area (Å²) in [7, 11) is 0. The van der Waals surface area contributed by atoms with E-state index in [0.29, 0.717) is 0 Å². The SMILES string of the molecule is c1ccc(-c2nnc(-c3cccc4c5ccccc5n(-c5ccccc5-n5c6ccccc6c6c7c(ccc65)oc5ccccc57)c34)n2-c2ccccc2)cc1. The first-order valence-electron chi connectivity index (χ1n) is 18.9.